The second-order valence-electron chi connectivity index (χ2n) is 7.56. The summed E-state index contributed by atoms with van der Waals surface area (Å²) in [4.78, 5) is 12.0. The third-order valence-electron chi connectivity index (χ3n) is 5.76. The van der Waals surface area contributed by atoms with E-state index >= 15 is 0 Å². The molecule has 2 fully saturated rings. The van der Waals surface area contributed by atoms with Crippen molar-refractivity contribution in [1.29, 1.82) is 0 Å². The van der Waals surface area contributed by atoms with Gasteiger partial charge < -0.3 is 4.89 Å². The van der Waals surface area contributed by atoms with Crippen molar-refractivity contribution in [3.8, 4) is 0 Å². The molecule has 5 nitrogen and oxygen atoms in total. The molecule has 2 unspecified atom stereocenters. The molecule has 1 N–H and O–H groups in total. The standard InChI is InChI=1S/C20H26NO4P/c1-3-10-24-26(22,23)25-15(2)21-13-19-12-20(19,14-21)18-9-8-16-6-4-5-7-17(16)11-18/h4-9,11,15,19H,3,10,12-14H2,1-2H3,(H,22,23)/t15?,19-,20+/m1/s1. The second kappa shape index (κ2) is 6.74. The number of hydrogen-bond acceptors (Lipinski definition) is 4. The van der Waals surface area contributed by atoms with Gasteiger partial charge in [-0.15, -0.1) is 0 Å². The first-order valence-corrected chi connectivity index (χ1v) is 10.8. The van der Waals surface area contributed by atoms with Crippen LogP contribution in [0.4, 0.5) is 0 Å². The summed E-state index contributed by atoms with van der Waals surface area (Å²) in [7, 11) is -3.99. The highest BCUT2D eigenvalue weighted by Gasteiger charge is 2.61. The predicted molar refractivity (Wildman–Crippen MR) is 102 cm³/mol. The van der Waals surface area contributed by atoms with Crippen molar-refractivity contribution in [3.05, 3.63) is 48.0 Å². The topological polar surface area (TPSA) is 59.0 Å². The Morgan fingerprint density at radius 1 is 1.31 bits per heavy atom. The maximum absolute atomic E-state index is 12.0. The second-order valence-corrected chi connectivity index (χ2v) is 8.96. The highest BCUT2D eigenvalue weighted by Crippen LogP contribution is 2.60. The van der Waals surface area contributed by atoms with Gasteiger partial charge in [-0.1, -0.05) is 49.4 Å². The van der Waals surface area contributed by atoms with Crippen molar-refractivity contribution in [2.45, 2.75) is 38.3 Å². The number of piperidine rings is 1. The van der Waals surface area contributed by atoms with Gasteiger partial charge in [0.05, 0.1) is 6.61 Å². The van der Waals surface area contributed by atoms with Gasteiger partial charge in [0, 0.05) is 18.5 Å². The van der Waals surface area contributed by atoms with Gasteiger partial charge in [-0.25, -0.2) is 4.57 Å². The molecule has 0 aromatic heterocycles. The van der Waals surface area contributed by atoms with Gasteiger partial charge in [0.15, 0.2) is 0 Å². The number of phosphoric ester groups is 1. The van der Waals surface area contributed by atoms with E-state index in [1.807, 2.05) is 13.8 Å². The summed E-state index contributed by atoms with van der Waals surface area (Å²) in [5, 5.41) is 2.52. The van der Waals surface area contributed by atoms with E-state index < -0.39 is 14.1 Å². The van der Waals surface area contributed by atoms with E-state index in [1.165, 1.54) is 22.8 Å². The van der Waals surface area contributed by atoms with Crippen molar-refractivity contribution >= 4 is 18.6 Å². The molecule has 2 aromatic rings. The van der Waals surface area contributed by atoms with Gasteiger partial charge in [-0.05, 0) is 42.0 Å². The number of hydrogen-bond donors (Lipinski definition) is 1. The molecule has 0 radical (unpaired) electrons. The van der Waals surface area contributed by atoms with Crippen LogP contribution in [-0.4, -0.2) is 35.7 Å². The number of benzene rings is 2. The van der Waals surface area contributed by atoms with Gasteiger partial charge >= 0.3 is 7.82 Å². The Kier molecular flexibility index (Phi) is 4.70. The monoisotopic (exact) mass is 375 g/mol. The molecule has 140 valence electrons. The Morgan fingerprint density at radius 2 is 2.08 bits per heavy atom. The lowest BCUT2D eigenvalue weighted by molar-refractivity contribution is 0.0135. The molecule has 0 amide bonds. The maximum atomic E-state index is 12.0. The van der Waals surface area contributed by atoms with Crippen LogP contribution in [-0.2, 0) is 19.0 Å². The van der Waals surface area contributed by atoms with E-state index in [4.69, 9.17) is 9.05 Å². The summed E-state index contributed by atoms with van der Waals surface area (Å²) in [6.07, 6.45) is 1.42. The van der Waals surface area contributed by atoms with E-state index in [1.54, 1.807) is 0 Å². The van der Waals surface area contributed by atoms with E-state index in [0.29, 0.717) is 12.3 Å². The normalized spacial score (nSPS) is 28.7. The van der Waals surface area contributed by atoms with Crippen LogP contribution in [0.5, 0.6) is 0 Å². The van der Waals surface area contributed by atoms with E-state index in [9.17, 15) is 9.46 Å². The largest absolute Gasteiger partial charge is 0.473 e. The van der Waals surface area contributed by atoms with Crippen LogP contribution in [0, 0.1) is 5.92 Å². The van der Waals surface area contributed by atoms with Crippen LogP contribution >= 0.6 is 7.82 Å². The lowest BCUT2D eigenvalue weighted by Crippen LogP contribution is -2.36. The van der Waals surface area contributed by atoms with Gasteiger partial charge in [0.2, 0.25) is 0 Å². The van der Waals surface area contributed by atoms with E-state index in [-0.39, 0.29) is 12.0 Å². The number of rotatable bonds is 7. The van der Waals surface area contributed by atoms with Gasteiger partial charge in [-0.3, -0.25) is 13.9 Å². The number of phosphoric acid groups is 1. The molecular weight excluding hydrogens is 349 g/mol. The van der Waals surface area contributed by atoms with Crippen molar-refractivity contribution < 1.29 is 18.5 Å². The summed E-state index contributed by atoms with van der Waals surface area (Å²) in [5.74, 6) is 0.587. The lowest BCUT2D eigenvalue weighted by atomic mass is 9.93. The average Bonchev–Trinajstić information content (AvgIpc) is 3.20. The van der Waals surface area contributed by atoms with Crippen molar-refractivity contribution in [3.63, 3.8) is 0 Å². The van der Waals surface area contributed by atoms with Crippen molar-refractivity contribution in [1.82, 2.24) is 4.90 Å². The molecule has 4 atom stereocenters. The summed E-state index contributed by atoms with van der Waals surface area (Å²) in [5.41, 5.74) is 1.52. The summed E-state index contributed by atoms with van der Waals surface area (Å²) >= 11 is 0. The predicted octanol–water partition coefficient (Wildman–Crippen LogP) is 4.30. The number of fused-ring (bicyclic) bond motifs is 2. The van der Waals surface area contributed by atoms with Gasteiger partial charge in [0.1, 0.15) is 6.23 Å². The zero-order valence-electron chi connectivity index (χ0n) is 15.3. The molecular formula is C20H26NO4P. The molecule has 26 heavy (non-hydrogen) atoms. The smallest absolute Gasteiger partial charge is 0.302 e. The fourth-order valence-corrected chi connectivity index (χ4v) is 5.23. The number of likely N-dealkylation sites (tertiary alicyclic amines) is 1. The minimum atomic E-state index is -3.99. The highest BCUT2D eigenvalue weighted by atomic mass is 31.2. The molecule has 0 spiro atoms. The quantitative estimate of drug-likeness (QED) is 0.731. The Balaban J connectivity index is 1.47. The first-order chi connectivity index (χ1) is 12.4. The zero-order chi connectivity index (χ0) is 18.4. The molecule has 1 aliphatic heterocycles. The number of nitrogens with zero attached hydrogens (tertiary/aromatic N) is 1. The molecule has 0 bridgehead atoms. The first-order valence-electron chi connectivity index (χ1n) is 9.32. The molecule has 4 rings (SSSR count). The van der Waals surface area contributed by atoms with E-state index in [2.05, 4.69) is 47.4 Å². The SMILES string of the molecule is CCCOP(=O)(O)OC(C)N1C[C@H]2C[C@@]2(c2ccc3ccccc3c2)C1. The molecule has 1 aliphatic carbocycles. The first kappa shape index (κ1) is 18.1. The van der Waals surface area contributed by atoms with Gasteiger partial charge in [-0.2, -0.15) is 0 Å². The minimum Gasteiger partial charge on any atom is -0.302 e. The van der Waals surface area contributed by atoms with Crippen molar-refractivity contribution in [2.75, 3.05) is 19.7 Å². The summed E-state index contributed by atoms with van der Waals surface area (Å²) in [6.45, 7) is 5.69. The molecule has 6 heteroatoms. The van der Waals surface area contributed by atoms with Crippen LogP contribution in [0.1, 0.15) is 32.3 Å². The van der Waals surface area contributed by atoms with Crippen LogP contribution < -0.4 is 0 Å². The minimum absolute atomic E-state index is 0.158. The van der Waals surface area contributed by atoms with Gasteiger partial charge in [0.25, 0.3) is 0 Å². The fraction of sp³-hybridized carbons (Fsp3) is 0.500. The van der Waals surface area contributed by atoms with Crippen LogP contribution in [0.2, 0.25) is 0 Å². The maximum Gasteiger partial charge on any atom is 0.473 e. The molecule has 2 aliphatic rings. The Bertz CT molecular complexity index is 857. The summed E-state index contributed by atoms with van der Waals surface area (Å²) < 4.78 is 22.3. The fourth-order valence-electron chi connectivity index (χ4n) is 4.24. The van der Waals surface area contributed by atoms with Crippen LogP contribution in [0.15, 0.2) is 42.5 Å². The Labute approximate surface area is 154 Å². The molecule has 2 aromatic carbocycles. The highest BCUT2D eigenvalue weighted by molar-refractivity contribution is 7.47. The zero-order valence-corrected chi connectivity index (χ0v) is 16.2. The molecule has 1 saturated carbocycles. The lowest BCUT2D eigenvalue weighted by Gasteiger charge is -2.28. The average molecular weight is 375 g/mol. The molecule has 1 heterocycles. The Morgan fingerprint density at radius 3 is 2.85 bits per heavy atom. The molecule has 1 saturated heterocycles. The van der Waals surface area contributed by atoms with Crippen molar-refractivity contribution in [2.24, 2.45) is 5.92 Å². The van der Waals surface area contributed by atoms with E-state index in [0.717, 1.165) is 13.1 Å². The summed E-state index contributed by atoms with van der Waals surface area (Å²) in [6, 6.07) is 15.1. The third-order valence-corrected chi connectivity index (χ3v) is 6.84. The van der Waals surface area contributed by atoms with Crippen LogP contribution in [0.25, 0.3) is 10.8 Å². The Hall–Kier alpha value is -1.23. The van der Waals surface area contributed by atoms with Crippen LogP contribution in [0.3, 0.4) is 0 Å². The third kappa shape index (κ3) is 3.35.